The summed E-state index contributed by atoms with van der Waals surface area (Å²) in [6.07, 6.45) is 3.05. The highest BCUT2D eigenvalue weighted by Crippen LogP contribution is 2.09. The maximum Gasteiger partial charge on any atom is 0.354 e. The minimum atomic E-state index is -1.19. The molecule has 0 radical (unpaired) electrons. The number of hydrogen-bond acceptors (Lipinski definition) is 4. The van der Waals surface area contributed by atoms with E-state index in [9.17, 15) is 9.59 Å². The molecule has 0 aliphatic heterocycles. The second-order valence-electron chi connectivity index (χ2n) is 4.43. The van der Waals surface area contributed by atoms with E-state index in [4.69, 9.17) is 5.11 Å². The molecule has 8 nitrogen and oxygen atoms in total. The highest BCUT2D eigenvalue weighted by molar-refractivity contribution is 6.03. The molecule has 0 spiro atoms. The third kappa shape index (κ3) is 2.53. The van der Waals surface area contributed by atoms with Crippen molar-refractivity contribution in [3.8, 4) is 0 Å². The first-order valence-electron chi connectivity index (χ1n) is 5.92. The van der Waals surface area contributed by atoms with Gasteiger partial charge in [-0.05, 0) is 6.92 Å². The Morgan fingerprint density at radius 3 is 2.65 bits per heavy atom. The van der Waals surface area contributed by atoms with Crippen molar-refractivity contribution in [2.45, 2.75) is 13.5 Å². The van der Waals surface area contributed by atoms with Crippen LogP contribution in [0.25, 0.3) is 0 Å². The van der Waals surface area contributed by atoms with Crippen molar-refractivity contribution in [2.24, 2.45) is 14.1 Å². The number of amides is 1. The van der Waals surface area contributed by atoms with Crippen LogP contribution in [0.5, 0.6) is 0 Å². The van der Waals surface area contributed by atoms with Gasteiger partial charge in [-0.25, -0.2) is 4.79 Å². The van der Waals surface area contributed by atoms with Crippen LogP contribution in [0.15, 0.2) is 12.4 Å². The number of nitrogens with zero attached hydrogens (tertiary/aromatic N) is 4. The predicted octanol–water partition coefficient (Wildman–Crippen LogP) is 0.0902. The second-order valence-corrected chi connectivity index (χ2v) is 4.43. The maximum atomic E-state index is 12.0. The van der Waals surface area contributed by atoms with Crippen LogP contribution in [0.3, 0.4) is 0 Å². The van der Waals surface area contributed by atoms with Crippen LogP contribution in [-0.2, 0) is 20.6 Å². The third-order valence-corrected chi connectivity index (χ3v) is 2.94. The van der Waals surface area contributed by atoms with Gasteiger partial charge in [0.15, 0.2) is 5.69 Å². The Kier molecular flexibility index (Phi) is 3.55. The first kappa shape index (κ1) is 13.8. The van der Waals surface area contributed by atoms with Gasteiger partial charge >= 0.3 is 5.97 Å². The van der Waals surface area contributed by atoms with Crippen molar-refractivity contribution in [1.29, 1.82) is 0 Å². The SMILES string of the molecule is Cc1nn(C)cc1CNC(=O)c1cnn(C)c1C(=O)O. The van der Waals surface area contributed by atoms with E-state index >= 15 is 0 Å². The molecule has 0 aromatic carbocycles. The number of carboxylic acid groups (broad SMARTS) is 1. The van der Waals surface area contributed by atoms with Crippen LogP contribution >= 0.6 is 0 Å². The van der Waals surface area contributed by atoms with Crippen LogP contribution < -0.4 is 5.32 Å². The highest BCUT2D eigenvalue weighted by atomic mass is 16.4. The summed E-state index contributed by atoms with van der Waals surface area (Å²) in [6.45, 7) is 2.13. The fraction of sp³-hybridized carbons (Fsp3) is 0.333. The Labute approximate surface area is 115 Å². The van der Waals surface area contributed by atoms with E-state index in [0.717, 1.165) is 15.9 Å². The number of carbonyl (C=O) groups is 2. The number of hydrogen-bond donors (Lipinski definition) is 2. The summed E-state index contributed by atoms with van der Waals surface area (Å²) in [7, 11) is 3.27. The van der Waals surface area contributed by atoms with Gasteiger partial charge < -0.3 is 10.4 Å². The quantitative estimate of drug-likeness (QED) is 0.824. The maximum absolute atomic E-state index is 12.0. The molecule has 0 aliphatic carbocycles. The molecule has 106 valence electrons. The van der Waals surface area contributed by atoms with Gasteiger partial charge in [0, 0.05) is 32.4 Å². The summed E-state index contributed by atoms with van der Waals surface area (Å²) in [5.74, 6) is -1.66. The molecule has 2 rings (SSSR count). The fourth-order valence-electron chi connectivity index (χ4n) is 1.95. The van der Waals surface area contributed by atoms with E-state index in [-0.39, 0.29) is 17.8 Å². The molecule has 0 fully saturated rings. The van der Waals surface area contributed by atoms with Gasteiger partial charge in [-0.1, -0.05) is 0 Å². The Morgan fingerprint density at radius 1 is 1.40 bits per heavy atom. The summed E-state index contributed by atoms with van der Waals surface area (Å²) in [5.41, 5.74) is 1.60. The molecule has 0 aliphatic rings. The topological polar surface area (TPSA) is 102 Å². The van der Waals surface area contributed by atoms with E-state index in [1.54, 1.807) is 17.9 Å². The normalized spacial score (nSPS) is 10.6. The minimum Gasteiger partial charge on any atom is -0.477 e. The third-order valence-electron chi connectivity index (χ3n) is 2.94. The number of carboxylic acids is 1. The van der Waals surface area contributed by atoms with Crippen LogP contribution in [-0.4, -0.2) is 36.5 Å². The van der Waals surface area contributed by atoms with Crippen LogP contribution in [0, 0.1) is 6.92 Å². The zero-order valence-electron chi connectivity index (χ0n) is 11.4. The summed E-state index contributed by atoms with van der Waals surface area (Å²) >= 11 is 0. The van der Waals surface area contributed by atoms with Gasteiger partial charge in [-0.2, -0.15) is 10.2 Å². The van der Waals surface area contributed by atoms with Crippen LogP contribution in [0.2, 0.25) is 0 Å². The lowest BCUT2D eigenvalue weighted by Crippen LogP contribution is -2.25. The van der Waals surface area contributed by atoms with E-state index < -0.39 is 11.9 Å². The van der Waals surface area contributed by atoms with Crippen molar-refractivity contribution in [2.75, 3.05) is 0 Å². The summed E-state index contributed by atoms with van der Waals surface area (Å²) in [4.78, 5) is 23.1. The summed E-state index contributed by atoms with van der Waals surface area (Å²) in [5, 5.41) is 19.7. The zero-order valence-corrected chi connectivity index (χ0v) is 11.4. The lowest BCUT2D eigenvalue weighted by Gasteiger charge is -2.04. The van der Waals surface area contributed by atoms with Gasteiger partial charge in [-0.3, -0.25) is 14.2 Å². The number of nitrogens with one attached hydrogen (secondary N) is 1. The van der Waals surface area contributed by atoms with Crippen LogP contribution in [0.1, 0.15) is 32.1 Å². The summed E-state index contributed by atoms with van der Waals surface area (Å²) in [6, 6.07) is 0. The molecule has 2 aromatic rings. The van der Waals surface area contributed by atoms with Crippen molar-refractivity contribution in [3.05, 3.63) is 34.9 Å². The molecule has 0 unspecified atom stereocenters. The monoisotopic (exact) mass is 277 g/mol. The minimum absolute atomic E-state index is 0.0431. The van der Waals surface area contributed by atoms with Crippen molar-refractivity contribution in [3.63, 3.8) is 0 Å². The molecule has 0 bridgehead atoms. The largest absolute Gasteiger partial charge is 0.477 e. The van der Waals surface area contributed by atoms with Gasteiger partial charge in [0.2, 0.25) is 0 Å². The molecule has 2 N–H and O–H groups in total. The predicted molar refractivity (Wildman–Crippen MR) is 69.3 cm³/mol. The van der Waals surface area contributed by atoms with Crippen molar-refractivity contribution >= 4 is 11.9 Å². The average Bonchev–Trinajstić information content (AvgIpc) is 2.89. The first-order valence-corrected chi connectivity index (χ1v) is 5.92. The van der Waals surface area contributed by atoms with E-state index in [0.29, 0.717) is 0 Å². The van der Waals surface area contributed by atoms with Crippen LogP contribution in [0.4, 0.5) is 0 Å². The van der Waals surface area contributed by atoms with E-state index in [2.05, 4.69) is 15.5 Å². The molecular weight excluding hydrogens is 262 g/mol. The lowest BCUT2D eigenvalue weighted by atomic mass is 10.2. The van der Waals surface area contributed by atoms with Gasteiger partial charge in [-0.15, -0.1) is 0 Å². The van der Waals surface area contributed by atoms with E-state index in [1.165, 1.54) is 13.2 Å². The molecule has 0 saturated carbocycles. The Balaban J connectivity index is 2.13. The van der Waals surface area contributed by atoms with Gasteiger partial charge in [0.1, 0.15) is 0 Å². The molecule has 2 aromatic heterocycles. The number of aryl methyl sites for hydroxylation is 3. The molecule has 0 saturated heterocycles. The van der Waals surface area contributed by atoms with E-state index in [1.807, 2.05) is 6.92 Å². The second kappa shape index (κ2) is 5.16. The average molecular weight is 277 g/mol. The van der Waals surface area contributed by atoms with Gasteiger partial charge in [0.25, 0.3) is 5.91 Å². The highest BCUT2D eigenvalue weighted by Gasteiger charge is 2.21. The smallest absolute Gasteiger partial charge is 0.354 e. The molecular formula is C12H15N5O3. The number of aromatic carboxylic acids is 1. The Hall–Kier alpha value is -2.64. The standard InChI is InChI=1S/C12H15N5O3/c1-7-8(6-16(2)15-7)4-13-11(18)9-5-14-17(3)10(9)12(19)20/h5-6H,4H2,1-3H3,(H,13,18)(H,19,20). The number of aromatic nitrogens is 4. The number of rotatable bonds is 4. The molecule has 0 atom stereocenters. The van der Waals surface area contributed by atoms with Gasteiger partial charge in [0.05, 0.1) is 17.5 Å². The number of carbonyl (C=O) groups excluding carboxylic acids is 1. The first-order chi connectivity index (χ1) is 9.40. The fourth-order valence-corrected chi connectivity index (χ4v) is 1.95. The van der Waals surface area contributed by atoms with Crippen molar-refractivity contribution < 1.29 is 14.7 Å². The lowest BCUT2D eigenvalue weighted by molar-refractivity contribution is 0.0679. The summed E-state index contributed by atoms with van der Waals surface area (Å²) < 4.78 is 2.82. The van der Waals surface area contributed by atoms with Crippen molar-refractivity contribution in [1.82, 2.24) is 24.9 Å². The molecule has 2 heterocycles. The molecule has 20 heavy (non-hydrogen) atoms. The zero-order chi connectivity index (χ0) is 14.9. The molecule has 1 amide bonds. The Bertz CT molecular complexity index is 671. The Morgan fingerprint density at radius 2 is 2.10 bits per heavy atom. The molecule has 8 heteroatoms.